The molecule has 3 nitrogen and oxygen atoms in total. The van der Waals surface area contributed by atoms with E-state index < -0.39 is 6.23 Å². The van der Waals surface area contributed by atoms with E-state index in [0.717, 1.165) is 16.8 Å². The summed E-state index contributed by atoms with van der Waals surface area (Å²) in [5, 5.41) is 12.4. The molecule has 16 heavy (non-hydrogen) atoms. The van der Waals surface area contributed by atoms with Gasteiger partial charge in [-0.05, 0) is 13.0 Å². The summed E-state index contributed by atoms with van der Waals surface area (Å²) in [7, 11) is 0. The molecule has 0 aliphatic carbocycles. The van der Waals surface area contributed by atoms with E-state index in [1.165, 1.54) is 0 Å². The van der Waals surface area contributed by atoms with Crippen LogP contribution in [0.25, 0.3) is 0 Å². The van der Waals surface area contributed by atoms with E-state index in [9.17, 15) is 5.11 Å². The van der Waals surface area contributed by atoms with Crippen molar-refractivity contribution in [2.24, 2.45) is 0 Å². The monoisotopic (exact) mass is 241 g/mol. The van der Waals surface area contributed by atoms with Crippen LogP contribution in [-0.2, 0) is 4.74 Å². The molecule has 1 aliphatic rings. The van der Waals surface area contributed by atoms with Crippen LogP contribution in [0.1, 0.15) is 30.4 Å². The number of fused-ring (bicyclic) bond motifs is 1. The average Bonchev–Trinajstić information content (AvgIpc) is 2.43. The Morgan fingerprint density at radius 1 is 1.44 bits per heavy atom. The zero-order valence-corrected chi connectivity index (χ0v) is 10.8. The predicted molar refractivity (Wildman–Crippen MR) is 69.8 cm³/mol. The van der Waals surface area contributed by atoms with E-state index in [1.54, 1.807) is 0 Å². The Morgan fingerprint density at radius 3 is 2.81 bits per heavy atom. The van der Waals surface area contributed by atoms with E-state index >= 15 is 0 Å². The lowest BCUT2D eigenvalue weighted by molar-refractivity contribution is 0.0440. The number of aliphatic hydroxyl groups excluding tert-OH is 1. The van der Waals surface area contributed by atoms with Crippen LogP contribution in [0.2, 0.25) is 0 Å². The van der Waals surface area contributed by atoms with Gasteiger partial charge >= 0.3 is 0 Å². The topological polar surface area (TPSA) is 41.5 Å². The van der Waals surface area contributed by atoms with Crippen molar-refractivity contribution in [2.45, 2.75) is 32.4 Å². The van der Waals surface area contributed by atoms with Crippen molar-refractivity contribution < 1.29 is 9.84 Å². The lowest BCUT2D eigenvalue weighted by Gasteiger charge is -2.12. The summed E-state index contributed by atoms with van der Waals surface area (Å²) in [5.41, 5.74) is 2.75. The van der Waals surface area contributed by atoms with Gasteiger partial charge in [0.25, 0.3) is 0 Å². The summed E-state index contributed by atoms with van der Waals surface area (Å²) >= 11 is 4.32. The third-order valence-electron chi connectivity index (χ3n) is 2.21. The molecule has 2 N–H and O–H groups in total. The van der Waals surface area contributed by atoms with Gasteiger partial charge in [-0.15, -0.1) is 12.6 Å². The molecule has 1 aromatic carbocycles. The Kier molecular flexibility index (Phi) is 5.12. The van der Waals surface area contributed by atoms with Crippen molar-refractivity contribution >= 4 is 18.3 Å². The number of ether oxygens (including phenoxy) is 1. The Hall–Kier alpha value is -0.710. The van der Waals surface area contributed by atoms with Gasteiger partial charge < -0.3 is 15.2 Å². The van der Waals surface area contributed by atoms with E-state index in [2.05, 4.69) is 17.9 Å². The van der Waals surface area contributed by atoms with Crippen molar-refractivity contribution in [3.63, 3.8) is 0 Å². The molecule has 0 unspecified atom stereocenters. The molecule has 0 bridgehead atoms. The molecule has 2 atom stereocenters. The zero-order valence-electron chi connectivity index (χ0n) is 9.90. The highest BCUT2D eigenvalue weighted by Crippen LogP contribution is 2.32. The summed E-state index contributed by atoms with van der Waals surface area (Å²) in [6, 6.07) is 5.94. The molecule has 0 amide bonds. The van der Waals surface area contributed by atoms with Crippen molar-refractivity contribution in [2.75, 3.05) is 11.9 Å². The van der Waals surface area contributed by atoms with Crippen LogP contribution in [0, 0.1) is 6.92 Å². The normalized spacial score (nSPS) is 23.3. The minimum absolute atomic E-state index is 0.252. The molecule has 1 heterocycles. The Labute approximate surface area is 102 Å². The molecule has 0 fully saturated rings. The van der Waals surface area contributed by atoms with Crippen molar-refractivity contribution in [3.05, 3.63) is 29.3 Å². The van der Waals surface area contributed by atoms with Crippen LogP contribution in [0.3, 0.4) is 0 Å². The number of aryl methyl sites for hydroxylation is 1. The van der Waals surface area contributed by atoms with Crippen molar-refractivity contribution in [3.8, 4) is 0 Å². The molecule has 4 heteroatoms. The van der Waals surface area contributed by atoms with Gasteiger partial charge in [0.15, 0.2) is 0 Å². The molecule has 0 aromatic heterocycles. The molecule has 0 radical (unpaired) electrons. The lowest BCUT2D eigenvalue weighted by Crippen LogP contribution is -2.22. The molecule has 2 rings (SSSR count). The number of thiol groups is 1. The zero-order chi connectivity index (χ0) is 12.1. The highest BCUT2D eigenvalue weighted by atomic mass is 32.1. The highest BCUT2D eigenvalue weighted by Gasteiger charge is 2.19. The lowest BCUT2D eigenvalue weighted by atomic mass is 10.1. The Morgan fingerprint density at radius 2 is 2.12 bits per heavy atom. The second kappa shape index (κ2) is 6.13. The Balaban J connectivity index is 0.000000606. The van der Waals surface area contributed by atoms with Gasteiger partial charge in [-0.25, -0.2) is 0 Å². The number of hydrogen-bond acceptors (Lipinski definition) is 4. The molecule has 1 aromatic rings. The fourth-order valence-corrected chi connectivity index (χ4v) is 1.81. The second-order valence-corrected chi connectivity index (χ2v) is 3.91. The first-order chi connectivity index (χ1) is 7.66. The highest BCUT2D eigenvalue weighted by molar-refractivity contribution is 7.80. The van der Waals surface area contributed by atoms with Crippen LogP contribution in [0.15, 0.2) is 18.2 Å². The van der Waals surface area contributed by atoms with Crippen LogP contribution >= 0.6 is 12.6 Å². The maximum absolute atomic E-state index is 9.45. The maximum Gasteiger partial charge on any atom is 0.148 e. The molecular formula is C12H19NO2S. The molecule has 0 spiro atoms. The van der Waals surface area contributed by atoms with Crippen LogP contribution in [-0.4, -0.2) is 17.9 Å². The predicted octanol–water partition coefficient (Wildman–Crippen LogP) is 2.71. The van der Waals surface area contributed by atoms with Gasteiger partial charge in [-0.2, -0.15) is 0 Å². The molecule has 0 saturated carbocycles. The number of aliphatic hydroxyl groups is 1. The quantitative estimate of drug-likeness (QED) is 0.612. The number of rotatable bonds is 0. The Bertz CT molecular complexity index is 344. The van der Waals surface area contributed by atoms with Crippen LogP contribution in [0.4, 0.5) is 5.69 Å². The third kappa shape index (κ3) is 3.14. The minimum Gasteiger partial charge on any atom is -0.371 e. The summed E-state index contributed by atoms with van der Waals surface area (Å²) < 4.78 is 5.35. The average molecular weight is 241 g/mol. The smallest absolute Gasteiger partial charge is 0.148 e. The summed E-state index contributed by atoms with van der Waals surface area (Å²) in [5.74, 6) is 0. The van der Waals surface area contributed by atoms with Gasteiger partial charge in [0.2, 0.25) is 0 Å². The fraction of sp³-hybridized carbons (Fsp3) is 0.500. The molecule has 0 saturated heterocycles. The number of anilines is 1. The summed E-state index contributed by atoms with van der Waals surface area (Å²) in [6.07, 6.45) is -0.659. The van der Waals surface area contributed by atoms with Gasteiger partial charge in [0.1, 0.15) is 11.7 Å². The number of nitrogens with one attached hydrogen (secondary N) is 1. The van der Waals surface area contributed by atoms with Crippen LogP contribution < -0.4 is 5.32 Å². The maximum atomic E-state index is 9.45. The SMILES string of the molecule is CC.Cc1ccc2c(c1)[C@H](S)OC[C@@H](O)N2. The van der Waals surface area contributed by atoms with Crippen molar-refractivity contribution in [1.29, 1.82) is 0 Å². The van der Waals surface area contributed by atoms with Gasteiger partial charge in [0.05, 0.1) is 6.61 Å². The summed E-state index contributed by atoms with van der Waals surface area (Å²) in [6.45, 7) is 6.27. The van der Waals surface area contributed by atoms with Crippen LogP contribution in [0.5, 0.6) is 0 Å². The molecular weight excluding hydrogens is 222 g/mol. The fourth-order valence-electron chi connectivity index (χ4n) is 1.51. The largest absolute Gasteiger partial charge is 0.371 e. The molecule has 1 aliphatic heterocycles. The first-order valence-electron chi connectivity index (χ1n) is 5.51. The minimum atomic E-state index is -0.659. The van der Waals surface area contributed by atoms with Gasteiger partial charge in [0, 0.05) is 11.3 Å². The van der Waals surface area contributed by atoms with E-state index in [0.29, 0.717) is 0 Å². The third-order valence-corrected chi connectivity index (χ3v) is 2.63. The van der Waals surface area contributed by atoms with Gasteiger partial charge in [-0.1, -0.05) is 31.5 Å². The summed E-state index contributed by atoms with van der Waals surface area (Å²) in [4.78, 5) is 0. The number of benzene rings is 1. The van der Waals surface area contributed by atoms with E-state index in [-0.39, 0.29) is 12.0 Å². The standard InChI is InChI=1S/C10H13NO2S.C2H6/c1-6-2-3-8-7(4-6)10(14)13-5-9(12)11-8;1-2/h2-4,9-12,14H,5H2,1H3;1-2H3/t9-,10+;/m1./s1. The molecule has 90 valence electrons. The first-order valence-corrected chi connectivity index (χ1v) is 6.03. The number of hydrogen-bond donors (Lipinski definition) is 3. The van der Waals surface area contributed by atoms with Crippen molar-refractivity contribution in [1.82, 2.24) is 0 Å². The van der Waals surface area contributed by atoms with Gasteiger partial charge in [-0.3, -0.25) is 0 Å². The van der Waals surface area contributed by atoms with E-state index in [4.69, 9.17) is 4.74 Å². The first kappa shape index (κ1) is 13.4. The van der Waals surface area contributed by atoms with E-state index in [1.807, 2.05) is 39.0 Å². The second-order valence-electron chi connectivity index (χ2n) is 3.44.